The Kier molecular flexibility index (Phi) is 4.94. The molecule has 2 fully saturated rings. The lowest BCUT2D eigenvalue weighted by Crippen LogP contribution is -2.64. The second-order valence-electron chi connectivity index (χ2n) is 7.87. The Balaban J connectivity index is 1.76. The van der Waals surface area contributed by atoms with Crippen LogP contribution in [0.15, 0.2) is 0 Å². The summed E-state index contributed by atoms with van der Waals surface area (Å²) in [4.78, 5) is 2.49. The van der Waals surface area contributed by atoms with Crippen molar-refractivity contribution in [3.05, 3.63) is 0 Å². The topological polar surface area (TPSA) is 3.24 Å². The Hall–Kier alpha value is -0.0800. The normalized spacial score (nSPS) is 33.2. The van der Waals surface area contributed by atoms with Gasteiger partial charge in [-0.25, -0.2) is 0 Å². The van der Waals surface area contributed by atoms with E-state index in [2.05, 4.69) is 39.8 Å². The SMILES string of the molecule is CCC(CC1CC([N+]2(C)CCN(C)CC2)C1)C(C)C. The predicted molar refractivity (Wildman–Crippen MR) is 83.2 cm³/mol. The van der Waals surface area contributed by atoms with Gasteiger partial charge in [-0.15, -0.1) is 0 Å². The van der Waals surface area contributed by atoms with Crippen LogP contribution < -0.4 is 0 Å². The van der Waals surface area contributed by atoms with Crippen molar-refractivity contribution in [1.82, 2.24) is 4.90 Å². The van der Waals surface area contributed by atoms with Gasteiger partial charge >= 0.3 is 0 Å². The van der Waals surface area contributed by atoms with Crippen molar-refractivity contribution in [3.8, 4) is 0 Å². The third kappa shape index (κ3) is 3.52. The average molecular weight is 267 g/mol. The van der Waals surface area contributed by atoms with E-state index >= 15 is 0 Å². The molecule has 0 bridgehead atoms. The summed E-state index contributed by atoms with van der Waals surface area (Å²) in [5, 5.41) is 0. The number of rotatable bonds is 5. The van der Waals surface area contributed by atoms with Gasteiger partial charge in [-0.1, -0.05) is 27.2 Å². The van der Waals surface area contributed by atoms with Gasteiger partial charge in [0.1, 0.15) is 0 Å². The molecule has 1 unspecified atom stereocenters. The Morgan fingerprint density at radius 2 is 1.74 bits per heavy atom. The minimum Gasteiger partial charge on any atom is -0.321 e. The third-order valence-corrected chi connectivity index (χ3v) is 6.18. The molecule has 1 aliphatic heterocycles. The molecular formula is C17H35N2+. The largest absolute Gasteiger partial charge is 0.321 e. The zero-order chi connectivity index (χ0) is 14.0. The molecule has 0 amide bonds. The highest BCUT2D eigenvalue weighted by Gasteiger charge is 2.44. The molecule has 0 N–H and O–H groups in total. The predicted octanol–water partition coefficient (Wildman–Crippen LogP) is 3.23. The minimum atomic E-state index is 0.873. The fourth-order valence-electron chi connectivity index (χ4n) is 4.13. The molecule has 112 valence electrons. The van der Waals surface area contributed by atoms with Gasteiger partial charge in [0, 0.05) is 25.9 Å². The molecule has 0 aromatic carbocycles. The summed E-state index contributed by atoms with van der Waals surface area (Å²) in [6.45, 7) is 12.5. The zero-order valence-corrected chi connectivity index (χ0v) is 13.9. The van der Waals surface area contributed by atoms with E-state index in [1.165, 1.54) is 56.3 Å². The van der Waals surface area contributed by atoms with E-state index in [4.69, 9.17) is 0 Å². The molecule has 1 heterocycles. The molecule has 1 saturated carbocycles. The van der Waals surface area contributed by atoms with Gasteiger partial charge in [-0.2, -0.15) is 0 Å². The molecule has 2 aliphatic rings. The first-order valence-corrected chi connectivity index (χ1v) is 8.47. The average Bonchev–Trinajstić information content (AvgIpc) is 2.31. The number of likely N-dealkylation sites (N-methyl/N-ethyl adjacent to an activating group) is 2. The van der Waals surface area contributed by atoms with Crippen molar-refractivity contribution in [1.29, 1.82) is 0 Å². The zero-order valence-electron chi connectivity index (χ0n) is 13.9. The van der Waals surface area contributed by atoms with Crippen LogP contribution in [-0.4, -0.2) is 55.7 Å². The van der Waals surface area contributed by atoms with E-state index in [1.54, 1.807) is 0 Å². The van der Waals surface area contributed by atoms with Crippen LogP contribution in [0.1, 0.15) is 46.5 Å². The summed E-state index contributed by atoms with van der Waals surface area (Å²) >= 11 is 0. The Morgan fingerprint density at radius 1 is 1.16 bits per heavy atom. The molecule has 0 spiro atoms. The maximum absolute atomic E-state index is 2.51. The molecule has 0 aromatic rings. The molecule has 1 atom stereocenters. The van der Waals surface area contributed by atoms with E-state index in [-0.39, 0.29) is 0 Å². The maximum Gasteiger partial charge on any atom is 0.0916 e. The van der Waals surface area contributed by atoms with Crippen LogP contribution in [0.3, 0.4) is 0 Å². The highest BCUT2D eigenvalue weighted by atomic mass is 15.4. The van der Waals surface area contributed by atoms with Crippen LogP contribution in [-0.2, 0) is 0 Å². The van der Waals surface area contributed by atoms with E-state index in [0.717, 1.165) is 23.8 Å². The van der Waals surface area contributed by atoms with Crippen LogP contribution in [0.4, 0.5) is 0 Å². The smallest absolute Gasteiger partial charge is 0.0916 e. The highest BCUT2D eigenvalue weighted by Crippen LogP contribution is 2.41. The van der Waals surface area contributed by atoms with Crippen molar-refractivity contribution in [2.75, 3.05) is 40.3 Å². The quantitative estimate of drug-likeness (QED) is 0.691. The van der Waals surface area contributed by atoms with Crippen molar-refractivity contribution in [3.63, 3.8) is 0 Å². The lowest BCUT2D eigenvalue weighted by Gasteiger charge is -2.52. The van der Waals surface area contributed by atoms with Crippen LogP contribution in [0, 0.1) is 17.8 Å². The summed E-state index contributed by atoms with van der Waals surface area (Å²) in [6, 6.07) is 0.975. The fourth-order valence-corrected chi connectivity index (χ4v) is 4.13. The lowest BCUT2D eigenvalue weighted by atomic mass is 9.71. The van der Waals surface area contributed by atoms with Crippen LogP contribution in [0.25, 0.3) is 0 Å². The van der Waals surface area contributed by atoms with E-state index in [0.29, 0.717) is 0 Å². The summed E-state index contributed by atoms with van der Waals surface area (Å²) in [5.41, 5.74) is 0. The summed E-state index contributed by atoms with van der Waals surface area (Å²) < 4.78 is 1.36. The minimum absolute atomic E-state index is 0.873. The first-order valence-electron chi connectivity index (χ1n) is 8.47. The number of hydrogen-bond donors (Lipinski definition) is 0. The maximum atomic E-state index is 2.51. The number of piperazine rings is 1. The molecular weight excluding hydrogens is 232 g/mol. The monoisotopic (exact) mass is 267 g/mol. The highest BCUT2D eigenvalue weighted by molar-refractivity contribution is 4.84. The van der Waals surface area contributed by atoms with Crippen molar-refractivity contribution in [2.45, 2.75) is 52.5 Å². The van der Waals surface area contributed by atoms with Crippen LogP contribution in [0.2, 0.25) is 0 Å². The molecule has 2 rings (SSSR count). The van der Waals surface area contributed by atoms with Crippen molar-refractivity contribution < 1.29 is 4.48 Å². The van der Waals surface area contributed by atoms with Gasteiger partial charge in [0.15, 0.2) is 0 Å². The number of hydrogen-bond acceptors (Lipinski definition) is 1. The van der Waals surface area contributed by atoms with E-state index < -0.39 is 0 Å². The second-order valence-corrected chi connectivity index (χ2v) is 7.87. The number of nitrogens with zero attached hydrogens (tertiary/aromatic N) is 2. The second kappa shape index (κ2) is 6.13. The van der Waals surface area contributed by atoms with Gasteiger partial charge < -0.3 is 4.48 Å². The Bertz CT molecular complexity index is 273. The Morgan fingerprint density at radius 3 is 2.21 bits per heavy atom. The van der Waals surface area contributed by atoms with Gasteiger partial charge in [0.2, 0.25) is 0 Å². The first kappa shape index (κ1) is 15.3. The third-order valence-electron chi connectivity index (χ3n) is 6.18. The fraction of sp³-hybridized carbons (Fsp3) is 1.00. The van der Waals surface area contributed by atoms with Gasteiger partial charge in [-0.3, -0.25) is 4.90 Å². The molecule has 19 heavy (non-hydrogen) atoms. The Labute approximate surface area is 120 Å². The van der Waals surface area contributed by atoms with Gasteiger partial charge in [0.25, 0.3) is 0 Å². The first-order chi connectivity index (χ1) is 8.94. The summed E-state index contributed by atoms with van der Waals surface area (Å²) in [6.07, 6.45) is 5.87. The van der Waals surface area contributed by atoms with E-state index in [9.17, 15) is 0 Å². The number of quaternary nitrogens is 1. The van der Waals surface area contributed by atoms with Gasteiger partial charge in [-0.05, 0) is 31.2 Å². The molecule has 2 heteroatoms. The van der Waals surface area contributed by atoms with Gasteiger partial charge in [0.05, 0.1) is 26.2 Å². The summed E-state index contributed by atoms with van der Waals surface area (Å²) in [5.74, 6) is 2.87. The van der Waals surface area contributed by atoms with Crippen molar-refractivity contribution >= 4 is 0 Å². The standard InChI is InChI=1S/C17H35N2/c1-6-16(14(2)3)11-15-12-17(13-15)19(5)9-7-18(4)8-10-19/h14-17H,6-13H2,1-5H3/q+1. The van der Waals surface area contributed by atoms with Crippen molar-refractivity contribution in [2.24, 2.45) is 17.8 Å². The molecule has 1 saturated heterocycles. The van der Waals surface area contributed by atoms with Crippen LogP contribution >= 0.6 is 0 Å². The molecule has 0 aromatic heterocycles. The molecule has 0 radical (unpaired) electrons. The van der Waals surface area contributed by atoms with E-state index in [1.807, 2.05) is 0 Å². The van der Waals surface area contributed by atoms with Crippen LogP contribution in [0.5, 0.6) is 0 Å². The lowest BCUT2D eigenvalue weighted by molar-refractivity contribution is -0.944. The molecule has 2 nitrogen and oxygen atoms in total. The molecule has 1 aliphatic carbocycles. The summed E-state index contributed by atoms with van der Waals surface area (Å²) in [7, 11) is 4.77.